The fourth-order valence-electron chi connectivity index (χ4n) is 1.000. The van der Waals surface area contributed by atoms with E-state index in [2.05, 4.69) is 0 Å². The lowest BCUT2D eigenvalue weighted by Crippen LogP contribution is -2.01. The van der Waals surface area contributed by atoms with E-state index in [1.165, 1.54) is 12.1 Å². The maximum absolute atomic E-state index is 13.1. The number of carboxylic acids is 1. The first-order chi connectivity index (χ1) is 7.15. The first kappa shape index (κ1) is 11.2. The molecule has 0 fully saturated rings. The van der Waals surface area contributed by atoms with Gasteiger partial charge < -0.3 is 9.84 Å². The van der Waals surface area contributed by atoms with Crippen LogP contribution in [-0.2, 0) is 0 Å². The summed E-state index contributed by atoms with van der Waals surface area (Å²) >= 11 is 0. The van der Waals surface area contributed by atoms with Gasteiger partial charge in [-0.3, -0.25) is 0 Å². The van der Waals surface area contributed by atoms with Gasteiger partial charge in [0.05, 0.1) is 5.56 Å². The van der Waals surface area contributed by atoms with Gasteiger partial charge in [0.15, 0.2) is 0 Å². The first-order valence-corrected chi connectivity index (χ1v) is 4.42. The third kappa shape index (κ3) is 3.09. The number of halogens is 1. The fourth-order valence-corrected chi connectivity index (χ4v) is 1.000. The maximum atomic E-state index is 13.1. The van der Waals surface area contributed by atoms with Gasteiger partial charge in [0.1, 0.15) is 18.2 Å². The van der Waals surface area contributed by atoms with E-state index in [9.17, 15) is 9.18 Å². The van der Waals surface area contributed by atoms with Crippen LogP contribution in [0, 0.1) is 5.82 Å². The maximum Gasteiger partial charge on any atom is 0.338 e. The van der Waals surface area contributed by atoms with Crippen LogP contribution in [0.3, 0.4) is 0 Å². The van der Waals surface area contributed by atoms with E-state index in [1.54, 1.807) is 6.08 Å². The normalized spacial score (nSPS) is 10.5. The highest BCUT2D eigenvalue weighted by molar-refractivity contribution is 5.88. The molecule has 0 aliphatic heterocycles. The minimum atomic E-state index is -1.28. The second-order valence-corrected chi connectivity index (χ2v) is 2.83. The smallest absolute Gasteiger partial charge is 0.338 e. The lowest BCUT2D eigenvalue weighted by Gasteiger charge is -2.04. The molecule has 0 unspecified atom stereocenters. The molecule has 0 saturated heterocycles. The molecule has 1 aromatic rings. The SMILES string of the molecule is C/C=C/COc1ccc(C(=O)O)c(F)c1. The average molecular weight is 210 g/mol. The molecule has 0 spiro atoms. The van der Waals surface area contributed by atoms with Gasteiger partial charge in [0.25, 0.3) is 0 Å². The molecule has 1 aromatic carbocycles. The molecule has 80 valence electrons. The van der Waals surface area contributed by atoms with Crippen molar-refractivity contribution in [1.82, 2.24) is 0 Å². The summed E-state index contributed by atoms with van der Waals surface area (Å²) in [6, 6.07) is 3.67. The largest absolute Gasteiger partial charge is 0.489 e. The van der Waals surface area contributed by atoms with Gasteiger partial charge in [-0.25, -0.2) is 9.18 Å². The molecule has 0 saturated carbocycles. The quantitative estimate of drug-likeness (QED) is 0.776. The number of rotatable bonds is 4. The van der Waals surface area contributed by atoms with Crippen molar-refractivity contribution in [2.24, 2.45) is 0 Å². The van der Waals surface area contributed by atoms with Crippen molar-refractivity contribution in [2.45, 2.75) is 6.92 Å². The summed E-state index contributed by atoms with van der Waals surface area (Å²) in [5, 5.41) is 8.58. The van der Waals surface area contributed by atoms with Crippen LogP contribution in [0.4, 0.5) is 4.39 Å². The predicted octanol–water partition coefficient (Wildman–Crippen LogP) is 2.48. The number of hydrogen-bond donors (Lipinski definition) is 1. The van der Waals surface area contributed by atoms with Gasteiger partial charge in [-0.2, -0.15) is 0 Å². The number of hydrogen-bond acceptors (Lipinski definition) is 2. The highest BCUT2D eigenvalue weighted by Crippen LogP contribution is 2.16. The van der Waals surface area contributed by atoms with Crippen molar-refractivity contribution in [1.29, 1.82) is 0 Å². The van der Waals surface area contributed by atoms with Crippen LogP contribution >= 0.6 is 0 Å². The summed E-state index contributed by atoms with van der Waals surface area (Å²) in [6.45, 7) is 2.18. The first-order valence-electron chi connectivity index (χ1n) is 4.42. The molecule has 0 aliphatic rings. The number of ether oxygens (including phenoxy) is 1. The molecule has 15 heavy (non-hydrogen) atoms. The predicted molar refractivity (Wildman–Crippen MR) is 53.7 cm³/mol. The Kier molecular flexibility index (Phi) is 3.85. The average Bonchev–Trinajstić information content (AvgIpc) is 2.17. The van der Waals surface area contributed by atoms with Crippen LogP contribution in [0.25, 0.3) is 0 Å². The van der Waals surface area contributed by atoms with Gasteiger partial charge in [-0.15, -0.1) is 0 Å². The molecule has 0 aromatic heterocycles. The molecular formula is C11H11FO3. The number of allylic oxidation sites excluding steroid dienone is 1. The monoisotopic (exact) mass is 210 g/mol. The van der Waals surface area contributed by atoms with E-state index < -0.39 is 11.8 Å². The van der Waals surface area contributed by atoms with Crippen molar-refractivity contribution in [3.63, 3.8) is 0 Å². The minimum absolute atomic E-state index is 0.315. The number of carboxylic acid groups (broad SMARTS) is 1. The zero-order valence-corrected chi connectivity index (χ0v) is 8.24. The Morgan fingerprint density at radius 1 is 1.60 bits per heavy atom. The third-order valence-electron chi connectivity index (χ3n) is 1.75. The van der Waals surface area contributed by atoms with Crippen LogP contribution in [-0.4, -0.2) is 17.7 Å². The van der Waals surface area contributed by atoms with Crippen molar-refractivity contribution in [3.05, 3.63) is 41.7 Å². The zero-order chi connectivity index (χ0) is 11.3. The zero-order valence-electron chi connectivity index (χ0n) is 8.24. The van der Waals surface area contributed by atoms with E-state index in [-0.39, 0.29) is 5.56 Å². The van der Waals surface area contributed by atoms with Gasteiger partial charge >= 0.3 is 5.97 Å². The number of carbonyl (C=O) groups is 1. The van der Waals surface area contributed by atoms with Crippen molar-refractivity contribution < 1.29 is 19.0 Å². The fraction of sp³-hybridized carbons (Fsp3) is 0.182. The molecule has 1 rings (SSSR count). The third-order valence-corrected chi connectivity index (χ3v) is 1.75. The summed E-state index contributed by atoms with van der Waals surface area (Å²) in [5.41, 5.74) is -0.353. The summed E-state index contributed by atoms with van der Waals surface area (Å²) in [7, 11) is 0. The summed E-state index contributed by atoms with van der Waals surface area (Å²) in [4.78, 5) is 10.5. The van der Waals surface area contributed by atoms with E-state index in [0.29, 0.717) is 12.4 Å². The Balaban J connectivity index is 2.77. The van der Waals surface area contributed by atoms with Crippen LogP contribution in [0.5, 0.6) is 5.75 Å². The highest BCUT2D eigenvalue weighted by Gasteiger charge is 2.10. The van der Waals surface area contributed by atoms with Crippen molar-refractivity contribution >= 4 is 5.97 Å². The molecule has 4 heteroatoms. The van der Waals surface area contributed by atoms with E-state index in [1.807, 2.05) is 13.0 Å². The summed E-state index contributed by atoms with van der Waals surface area (Å²) < 4.78 is 18.3. The second-order valence-electron chi connectivity index (χ2n) is 2.83. The summed E-state index contributed by atoms with van der Waals surface area (Å²) in [5.74, 6) is -1.76. The Morgan fingerprint density at radius 2 is 2.33 bits per heavy atom. The topological polar surface area (TPSA) is 46.5 Å². The molecule has 1 N–H and O–H groups in total. The van der Waals surface area contributed by atoms with E-state index in [0.717, 1.165) is 6.07 Å². The van der Waals surface area contributed by atoms with Crippen LogP contribution in [0.15, 0.2) is 30.4 Å². The Morgan fingerprint density at radius 3 is 2.87 bits per heavy atom. The number of benzene rings is 1. The molecule has 0 radical (unpaired) electrons. The second kappa shape index (κ2) is 5.14. The standard InChI is InChI=1S/C11H11FO3/c1-2-3-6-15-8-4-5-9(11(13)14)10(12)7-8/h2-5,7H,6H2,1H3,(H,13,14)/b3-2+. The number of aromatic carboxylic acids is 1. The van der Waals surface area contributed by atoms with E-state index >= 15 is 0 Å². The molecule has 0 atom stereocenters. The highest BCUT2D eigenvalue weighted by atomic mass is 19.1. The van der Waals surface area contributed by atoms with Crippen LogP contribution in [0.1, 0.15) is 17.3 Å². The van der Waals surface area contributed by atoms with Gasteiger partial charge in [-0.05, 0) is 19.1 Å². The summed E-state index contributed by atoms with van der Waals surface area (Å²) in [6.07, 6.45) is 3.57. The van der Waals surface area contributed by atoms with Gasteiger partial charge in [-0.1, -0.05) is 12.2 Å². The molecular weight excluding hydrogens is 199 g/mol. The molecule has 0 heterocycles. The Hall–Kier alpha value is -1.84. The van der Waals surface area contributed by atoms with Gasteiger partial charge in [0.2, 0.25) is 0 Å². The van der Waals surface area contributed by atoms with Crippen molar-refractivity contribution in [3.8, 4) is 5.75 Å². The molecule has 0 bridgehead atoms. The van der Waals surface area contributed by atoms with Crippen LogP contribution < -0.4 is 4.74 Å². The van der Waals surface area contributed by atoms with Crippen molar-refractivity contribution in [2.75, 3.05) is 6.61 Å². The lowest BCUT2D eigenvalue weighted by molar-refractivity contribution is 0.0692. The molecule has 0 amide bonds. The van der Waals surface area contributed by atoms with Gasteiger partial charge in [0, 0.05) is 6.07 Å². The molecule has 3 nitrogen and oxygen atoms in total. The molecule has 0 aliphatic carbocycles. The Bertz CT molecular complexity index is 385. The van der Waals surface area contributed by atoms with Crippen LogP contribution in [0.2, 0.25) is 0 Å². The lowest BCUT2D eigenvalue weighted by atomic mass is 10.2. The van der Waals surface area contributed by atoms with E-state index in [4.69, 9.17) is 9.84 Å². The Labute approximate surface area is 86.8 Å². The minimum Gasteiger partial charge on any atom is -0.489 e.